The number of hydrogen-bond acceptors (Lipinski definition) is 3. The summed E-state index contributed by atoms with van der Waals surface area (Å²) in [4.78, 5) is 17.4. The van der Waals surface area contributed by atoms with Gasteiger partial charge >= 0.3 is 0 Å². The van der Waals surface area contributed by atoms with Gasteiger partial charge in [0, 0.05) is 33.8 Å². The lowest BCUT2D eigenvalue weighted by molar-refractivity contribution is -0.127. The normalized spacial score (nSPS) is 11.5. The second-order valence-corrected chi connectivity index (χ2v) is 5.99. The first kappa shape index (κ1) is 20.4. The quantitative estimate of drug-likeness (QED) is 0.276. The number of likely N-dealkylation sites (N-methyl/N-ethyl adjacent to an activating group) is 1. The molecule has 6 heteroatoms. The van der Waals surface area contributed by atoms with Crippen LogP contribution in [0.15, 0.2) is 17.1 Å². The summed E-state index contributed by atoms with van der Waals surface area (Å²) in [6.45, 7) is 12.9. The summed E-state index contributed by atoms with van der Waals surface area (Å²) in [5.41, 5.74) is 1.00. The maximum absolute atomic E-state index is 11.6. The van der Waals surface area contributed by atoms with Gasteiger partial charge in [0.2, 0.25) is 5.91 Å². The van der Waals surface area contributed by atoms with Crippen molar-refractivity contribution >= 4 is 11.9 Å². The first-order valence-electron chi connectivity index (χ1n) is 7.77. The van der Waals surface area contributed by atoms with Gasteiger partial charge in [-0.25, -0.2) is 4.99 Å². The van der Waals surface area contributed by atoms with E-state index in [4.69, 9.17) is 4.74 Å². The molecule has 0 aliphatic carbocycles. The van der Waals surface area contributed by atoms with E-state index in [1.165, 1.54) is 4.90 Å². The van der Waals surface area contributed by atoms with Crippen molar-refractivity contribution in [3.63, 3.8) is 0 Å². The van der Waals surface area contributed by atoms with Crippen molar-refractivity contribution in [2.24, 2.45) is 10.9 Å². The number of carbonyl (C=O) groups excluding carboxylic acids is 1. The molecule has 0 heterocycles. The fourth-order valence-corrected chi connectivity index (χ4v) is 1.36. The Morgan fingerprint density at radius 2 is 1.95 bits per heavy atom. The van der Waals surface area contributed by atoms with Crippen LogP contribution in [0.2, 0.25) is 0 Å². The van der Waals surface area contributed by atoms with Crippen molar-refractivity contribution in [2.75, 3.05) is 46.9 Å². The third-order valence-electron chi connectivity index (χ3n) is 2.81. The predicted octanol–water partition coefficient (Wildman–Crippen LogP) is 1.25. The van der Waals surface area contributed by atoms with Crippen LogP contribution in [0.4, 0.5) is 0 Å². The van der Waals surface area contributed by atoms with E-state index in [9.17, 15) is 4.79 Å². The summed E-state index contributed by atoms with van der Waals surface area (Å²) in [7, 11) is 3.43. The molecule has 128 valence electrons. The Balaban J connectivity index is 4.15. The Bertz CT molecular complexity index is 365. The van der Waals surface area contributed by atoms with Crippen LogP contribution in [0.25, 0.3) is 0 Å². The van der Waals surface area contributed by atoms with Gasteiger partial charge in [-0.3, -0.25) is 4.79 Å². The van der Waals surface area contributed by atoms with Crippen molar-refractivity contribution < 1.29 is 9.53 Å². The number of ether oxygens (including phenoxy) is 1. The van der Waals surface area contributed by atoms with Crippen molar-refractivity contribution in [1.29, 1.82) is 0 Å². The molecule has 0 unspecified atom stereocenters. The number of aliphatic imine (C=N–C) groups is 1. The number of hydrogen-bond donors (Lipinski definition) is 2. The van der Waals surface area contributed by atoms with Crippen molar-refractivity contribution in [1.82, 2.24) is 15.5 Å². The number of guanidine groups is 1. The molecule has 0 aromatic rings. The minimum absolute atomic E-state index is 0.0374. The van der Waals surface area contributed by atoms with Crippen LogP contribution >= 0.6 is 0 Å². The molecule has 0 radical (unpaired) electrons. The van der Waals surface area contributed by atoms with E-state index in [1.54, 1.807) is 14.1 Å². The molecule has 0 atom stereocenters. The summed E-state index contributed by atoms with van der Waals surface area (Å²) in [6, 6.07) is 0. The summed E-state index contributed by atoms with van der Waals surface area (Å²) < 4.78 is 5.55. The van der Waals surface area contributed by atoms with Crippen LogP contribution in [-0.2, 0) is 9.53 Å². The SMILES string of the molecule is C=C(C)CNC(=NCC(=O)N(C)C)NCCOCCC(C)C. The highest BCUT2D eigenvalue weighted by atomic mass is 16.5. The maximum atomic E-state index is 11.6. The van der Waals surface area contributed by atoms with E-state index in [0.717, 1.165) is 18.6 Å². The first-order valence-corrected chi connectivity index (χ1v) is 7.77. The highest BCUT2D eigenvalue weighted by Gasteiger charge is 2.04. The van der Waals surface area contributed by atoms with Gasteiger partial charge in [-0.05, 0) is 19.3 Å². The fraction of sp³-hybridized carbons (Fsp3) is 0.750. The number of carbonyl (C=O) groups is 1. The Labute approximate surface area is 135 Å². The minimum atomic E-state index is -0.0374. The molecule has 2 N–H and O–H groups in total. The Hall–Kier alpha value is -1.56. The van der Waals surface area contributed by atoms with Gasteiger partial charge < -0.3 is 20.3 Å². The molecule has 0 aromatic heterocycles. The smallest absolute Gasteiger partial charge is 0.243 e. The number of rotatable bonds is 10. The third-order valence-corrected chi connectivity index (χ3v) is 2.81. The highest BCUT2D eigenvalue weighted by molar-refractivity contribution is 5.84. The second kappa shape index (κ2) is 12.0. The third kappa shape index (κ3) is 12.2. The molecule has 1 amide bonds. The van der Waals surface area contributed by atoms with E-state index in [1.807, 2.05) is 6.92 Å². The zero-order valence-electron chi connectivity index (χ0n) is 14.7. The predicted molar refractivity (Wildman–Crippen MR) is 92.1 cm³/mol. The molecule has 0 rings (SSSR count). The maximum Gasteiger partial charge on any atom is 0.243 e. The largest absolute Gasteiger partial charge is 0.380 e. The van der Waals surface area contributed by atoms with Gasteiger partial charge in [0.05, 0.1) is 6.61 Å². The molecule has 0 bridgehead atoms. The number of nitrogens with one attached hydrogen (secondary N) is 2. The van der Waals surface area contributed by atoms with Gasteiger partial charge in [-0.15, -0.1) is 0 Å². The van der Waals surface area contributed by atoms with E-state index in [-0.39, 0.29) is 12.5 Å². The topological polar surface area (TPSA) is 66.0 Å². The standard InChI is InChI=1S/C16H32N4O2/c1-13(2)7-9-22-10-8-17-16(18-11-14(3)4)19-12-15(21)20(5)6/h13H,3,7-12H2,1-2,4-6H3,(H2,17,18,19). The van der Waals surface area contributed by atoms with E-state index < -0.39 is 0 Å². The zero-order chi connectivity index (χ0) is 17.0. The molecule has 6 nitrogen and oxygen atoms in total. The van der Waals surface area contributed by atoms with E-state index >= 15 is 0 Å². The Kier molecular flexibility index (Phi) is 11.2. The van der Waals surface area contributed by atoms with Gasteiger partial charge in [0.25, 0.3) is 0 Å². The van der Waals surface area contributed by atoms with Crippen LogP contribution < -0.4 is 10.6 Å². The Morgan fingerprint density at radius 1 is 1.27 bits per heavy atom. The lowest BCUT2D eigenvalue weighted by Crippen LogP contribution is -2.40. The molecule has 0 saturated carbocycles. The second-order valence-electron chi connectivity index (χ2n) is 5.99. The van der Waals surface area contributed by atoms with Crippen molar-refractivity contribution in [3.05, 3.63) is 12.2 Å². The van der Waals surface area contributed by atoms with Crippen LogP contribution in [0.3, 0.4) is 0 Å². The lowest BCUT2D eigenvalue weighted by atomic mass is 10.1. The lowest BCUT2D eigenvalue weighted by Gasteiger charge is -2.14. The van der Waals surface area contributed by atoms with Crippen molar-refractivity contribution in [3.8, 4) is 0 Å². The van der Waals surface area contributed by atoms with Gasteiger partial charge in [0.15, 0.2) is 5.96 Å². The zero-order valence-corrected chi connectivity index (χ0v) is 14.7. The molecule has 0 saturated heterocycles. The Morgan fingerprint density at radius 3 is 2.50 bits per heavy atom. The first-order chi connectivity index (χ1) is 10.3. The van der Waals surface area contributed by atoms with Gasteiger partial charge in [0.1, 0.15) is 6.54 Å². The average Bonchev–Trinajstić information content (AvgIpc) is 2.43. The molecule has 0 spiro atoms. The van der Waals surface area contributed by atoms with E-state index in [2.05, 4.69) is 36.1 Å². The summed E-state index contributed by atoms with van der Waals surface area (Å²) in [5.74, 6) is 1.22. The number of nitrogens with zero attached hydrogens (tertiary/aromatic N) is 2. The molecule has 0 aromatic carbocycles. The molecular formula is C16H32N4O2. The van der Waals surface area contributed by atoms with Crippen LogP contribution in [0, 0.1) is 5.92 Å². The van der Waals surface area contributed by atoms with Gasteiger partial charge in [-0.1, -0.05) is 26.0 Å². The van der Waals surface area contributed by atoms with Crippen LogP contribution in [0.5, 0.6) is 0 Å². The molecule has 0 aliphatic heterocycles. The molecule has 0 fully saturated rings. The summed E-state index contributed by atoms with van der Waals surface area (Å²) >= 11 is 0. The molecular weight excluding hydrogens is 280 g/mol. The molecule has 22 heavy (non-hydrogen) atoms. The van der Waals surface area contributed by atoms with Crippen LogP contribution in [-0.4, -0.2) is 63.7 Å². The fourth-order valence-electron chi connectivity index (χ4n) is 1.36. The minimum Gasteiger partial charge on any atom is -0.380 e. The van der Waals surface area contributed by atoms with Crippen LogP contribution in [0.1, 0.15) is 27.2 Å². The molecule has 0 aliphatic rings. The highest BCUT2D eigenvalue weighted by Crippen LogP contribution is 1.98. The average molecular weight is 312 g/mol. The van der Waals surface area contributed by atoms with Crippen molar-refractivity contribution in [2.45, 2.75) is 27.2 Å². The number of amides is 1. The summed E-state index contributed by atoms with van der Waals surface area (Å²) in [5, 5.41) is 6.30. The van der Waals surface area contributed by atoms with Gasteiger partial charge in [-0.2, -0.15) is 0 Å². The monoisotopic (exact) mass is 312 g/mol. The van der Waals surface area contributed by atoms with E-state index in [0.29, 0.717) is 31.6 Å². The summed E-state index contributed by atoms with van der Waals surface area (Å²) in [6.07, 6.45) is 1.06.